The van der Waals surface area contributed by atoms with E-state index in [1.165, 1.54) is 0 Å². The van der Waals surface area contributed by atoms with Crippen molar-refractivity contribution in [2.75, 3.05) is 12.3 Å². The summed E-state index contributed by atoms with van der Waals surface area (Å²) in [7, 11) is 0. The molecule has 0 aliphatic heterocycles. The number of hydrogen-bond donors (Lipinski definition) is 3. The number of aromatic nitrogens is 1. The minimum Gasteiger partial charge on any atom is -0.454 e. The minimum atomic E-state index is -0.145. The Hall–Kier alpha value is -1.88. The number of benzene rings is 2. The fourth-order valence-corrected chi connectivity index (χ4v) is 3.21. The van der Waals surface area contributed by atoms with Gasteiger partial charge in [0, 0.05) is 34.7 Å². The van der Waals surface area contributed by atoms with Crippen LogP contribution in [0.15, 0.2) is 36.5 Å². The van der Waals surface area contributed by atoms with Crippen molar-refractivity contribution in [2.45, 2.75) is 19.3 Å². The maximum Gasteiger partial charge on any atom is 0.164 e. The summed E-state index contributed by atoms with van der Waals surface area (Å²) >= 11 is 12.4. The number of rotatable bonds is 4. The third kappa shape index (κ3) is 3.05. The summed E-state index contributed by atoms with van der Waals surface area (Å²) in [5.74, 6) is 1.03. The molecule has 5 N–H and O–H groups in total. The van der Waals surface area contributed by atoms with E-state index in [0.29, 0.717) is 33.8 Å². The average Bonchev–Trinajstić information content (AvgIpc) is 2.94. The first-order valence-electron chi connectivity index (χ1n) is 7.56. The highest BCUT2D eigenvalue weighted by Crippen LogP contribution is 2.39. The maximum absolute atomic E-state index is 6.20. The molecule has 126 valence electrons. The Kier molecular flexibility index (Phi) is 4.38. The van der Waals surface area contributed by atoms with Crippen molar-refractivity contribution in [1.29, 1.82) is 0 Å². The van der Waals surface area contributed by atoms with Crippen molar-refractivity contribution < 1.29 is 4.74 Å². The number of ether oxygens (including phenoxy) is 1. The molecular weight excluding hydrogens is 345 g/mol. The molecule has 2 aromatic carbocycles. The zero-order valence-corrected chi connectivity index (χ0v) is 15.0. The molecule has 3 rings (SSSR count). The lowest BCUT2D eigenvalue weighted by Crippen LogP contribution is -2.27. The second-order valence-corrected chi connectivity index (χ2v) is 7.23. The number of H-pyrrole nitrogens is 1. The molecule has 0 fully saturated rings. The largest absolute Gasteiger partial charge is 0.454 e. The summed E-state index contributed by atoms with van der Waals surface area (Å²) in [6.45, 7) is 4.76. The molecule has 0 saturated carbocycles. The highest BCUT2D eigenvalue weighted by molar-refractivity contribution is 6.37. The maximum atomic E-state index is 6.20. The summed E-state index contributed by atoms with van der Waals surface area (Å²) in [5.41, 5.74) is 14.1. The van der Waals surface area contributed by atoms with E-state index >= 15 is 0 Å². The van der Waals surface area contributed by atoms with Gasteiger partial charge in [-0.05, 0) is 35.9 Å². The molecule has 3 aromatic rings. The highest BCUT2D eigenvalue weighted by atomic mass is 35.5. The second-order valence-electron chi connectivity index (χ2n) is 6.41. The van der Waals surface area contributed by atoms with Crippen LogP contribution < -0.4 is 16.2 Å². The predicted octanol–water partition coefficient (Wildman–Crippen LogP) is 5.09. The second kappa shape index (κ2) is 6.20. The summed E-state index contributed by atoms with van der Waals surface area (Å²) in [4.78, 5) is 3.27. The highest BCUT2D eigenvalue weighted by Gasteiger charge is 2.22. The molecule has 4 nitrogen and oxygen atoms in total. The molecule has 0 amide bonds. The van der Waals surface area contributed by atoms with E-state index in [0.717, 1.165) is 16.5 Å². The van der Waals surface area contributed by atoms with Gasteiger partial charge in [-0.25, -0.2) is 0 Å². The van der Waals surface area contributed by atoms with Crippen molar-refractivity contribution in [3.05, 3.63) is 52.1 Å². The minimum absolute atomic E-state index is 0.145. The van der Waals surface area contributed by atoms with Crippen molar-refractivity contribution in [1.82, 2.24) is 4.98 Å². The zero-order chi connectivity index (χ0) is 17.5. The van der Waals surface area contributed by atoms with E-state index in [1.807, 2.05) is 24.4 Å². The van der Waals surface area contributed by atoms with E-state index in [-0.39, 0.29) is 5.41 Å². The first-order valence-corrected chi connectivity index (χ1v) is 8.31. The molecule has 1 aromatic heterocycles. The molecule has 0 atom stereocenters. The van der Waals surface area contributed by atoms with Gasteiger partial charge in [-0.15, -0.1) is 0 Å². The smallest absolute Gasteiger partial charge is 0.164 e. The Morgan fingerprint density at radius 2 is 1.79 bits per heavy atom. The fraction of sp³-hybridized carbons (Fsp3) is 0.222. The summed E-state index contributed by atoms with van der Waals surface area (Å²) in [6.07, 6.45) is 1.99. The normalized spacial score (nSPS) is 11.9. The van der Waals surface area contributed by atoms with E-state index in [1.54, 1.807) is 12.1 Å². The van der Waals surface area contributed by atoms with Crippen LogP contribution in [0, 0.1) is 0 Å². The van der Waals surface area contributed by atoms with Crippen molar-refractivity contribution in [3.63, 3.8) is 0 Å². The van der Waals surface area contributed by atoms with Gasteiger partial charge in [-0.2, -0.15) is 0 Å². The van der Waals surface area contributed by atoms with Crippen LogP contribution >= 0.6 is 23.2 Å². The molecule has 0 aliphatic rings. The monoisotopic (exact) mass is 363 g/mol. The Bertz CT molecular complexity index is 879. The van der Waals surface area contributed by atoms with Gasteiger partial charge in [0.15, 0.2) is 5.75 Å². The van der Waals surface area contributed by atoms with Crippen LogP contribution in [0.2, 0.25) is 10.0 Å². The van der Waals surface area contributed by atoms with Gasteiger partial charge in [-0.1, -0.05) is 37.0 Å². The van der Waals surface area contributed by atoms with Crippen molar-refractivity contribution >= 4 is 39.8 Å². The number of nitrogen functional groups attached to an aromatic ring is 1. The molecule has 0 spiro atoms. The molecule has 0 radical (unpaired) electrons. The number of nitrogens with one attached hydrogen (secondary N) is 1. The van der Waals surface area contributed by atoms with E-state index < -0.39 is 0 Å². The molecule has 0 unspecified atom stereocenters. The molecule has 0 aliphatic carbocycles. The Balaban J connectivity index is 2.04. The predicted molar refractivity (Wildman–Crippen MR) is 101 cm³/mol. The van der Waals surface area contributed by atoms with Gasteiger partial charge in [0.1, 0.15) is 5.75 Å². The lowest BCUT2D eigenvalue weighted by atomic mass is 9.84. The Labute approximate surface area is 150 Å². The third-order valence-corrected chi connectivity index (χ3v) is 4.69. The summed E-state index contributed by atoms with van der Waals surface area (Å²) in [5, 5.41) is 1.80. The molecule has 6 heteroatoms. The van der Waals surface area contributed by atoms with Gasteiger partial charge < -0.3 is 21.2 Å². The SMILES string of the molecule is CC(C)(CN)c1c[nH]c2ccc(Oc3c(Cl)cc(N)cc3Cl)cc12. The van der Waals surface area contributed by atoms with Crippen LogP contribution in [0.3, 0.4) is 0 Å². The number of halogens is 2. The molecule has 24 heavy (non-hydrogen) atoms. The number of anilines is 1. The standard InChI is InChI=1S/C18H19Cl2N3O/c1-18(2,9-21)13-8-23-16-4-3-11(7-12(13)16)24-17-14(19)5-10(22)6-15(17)20/h3-8,23H,9,21-22H2,1-2H3. The van der Waals surface area contributed by atoms with Crippen LogP contribution in [-0.2, 0) is 5.41 Å². The van der Waals surface area contributed by atoms with Gasteiger partial charge >= 0.3 is 0 Å². The van der Waals surface area contributed by atoms with Gasteiger partial charge in [0.05, 0.1) is 10.0 Å². The summed E-state index contributed by atoms with van der Waals surface area (Å²) < 4.78 is 5.91. The van der Waals surface area contributed by atoms with Crippen molar-refractivity contribution in [3.8, 4) is 11.5 Å². The molecule has 1 heterocycles. The van der Waals surface area contributed by atoms with Crippen LogP contribution in [-0.4, -0.2) is 11.5 Å². The Morgan fingerprint density at radius 1 is 1.12 bits per heavy atom. The van der Waals surface area contributed by atoms with E-state index in [4.69, 9.17) is 39.4 Å². The summed E-state index contributed by atoms with van der Waals surface area (Å²) in [6, 6.07) is 9.00. The lowest BCUT2D eigenvalue weighted by molar-refractivity contribution is 0.484. The molecule has 0 saturated heterocycles. The number of hydrogen-bond acceptors (Lipinski definition) is 3. The van der Waals surface area contributed by atoms with Crippen LogP contribution in [0.4, 0.5) is 5.69 Å². The third-order valence-electron chi connectivity index (χ3n) is 4.13. The molecule has 0 bridgehead atoms. The van der Waals surface area contributed by atoms with E-state index in [2.05, 4.69) is 18.8 Å². The van der Waals surface area contributed by atoms with Gasteiger partial charge in [0.2, 0.25) is 0 Å². The van der Waals surface area contributed by atoms with Gasteiger partial charge in [-0.3, -0.25) is 0 Å². The van der Waals surface area contributed by atoms with Crippen LogP contribution in [0.1, 0.15) is 19.4 Å². The molecular formula is C18H19Cl2N3O. The zero-order valence-electron chi connectivity index (χ0n) is 13.5. The first-order chi connectivity index (χ1) is 11.3. The number of aromatic amines is 1. The lowest BCUT2D eigenvalue weighted by Gasteiger charge is -2.22. The quantitative estimate of drug-likeness (QED) is 0.565. The van der Waals surface area contributed by atoms with E-state index in [9.17, 15) is 0 Å². The van der Waals surface area contributed by atoms with Gasteiger partial charge in [0.25, 0.3) is 0 Å². The van der Waals surface area contributed by atoms with Crippen molar-refractivity contribution in [2.24, 2.45) is 5.73 Å². The van der Waals surface area contributed by atoms with Crippen LogP contribution in [0.25, 0.3) is 10.9 Å². The fourth-order valence-electron chi connectivity index (χ4n) is 2.63. The number of fused-ring (bicyclic) bond motifs is 1. The topological polar surface area (TPSA) is 77.1 Å². The Morgan fingerprint density at radius 3 is 2.42 bits per heavy atom. The van der Waals surface area contributed by atoms with Crippen LogP contribution in [0.5, 0.6) is 11.5 Å². The first kappa shape index (κ1) is 17.0. The number of nitrogens with two attached hydrogens (primary N) is 2. The average molecular weight is 364 g/mol.